The highest BCUT2D eigenvalue weighted by Gasteiger charge is 2.37. The first-order chi connectivity index (χ1) is 9.65. The number of H-pyrrole nitrogens is 1. The Morgan fingerprint density at radius 3 is 2.90 bits per heavy atom. The van der Waals surface area contributed by atoms with Gasteiger partial charge in [-0.3, -0.25) is 9.52 Å². The number of aromatic amines is 1. The number of hydrogen-bond donors (Lipinski definition) is 2. The first-order valence-corrected chi connectivity index (χ1v) is 8.06. The Bertz CT molecular complexity index is 683. The molecule has 0 bridgehead atoms. The number of nitrogens with one attached hydrogen (secondary N) is 2. The zero-order valence-corrected chi connectivity index (χ0v) is 12.3. The minimum atomic E-state index is 0.277. The predicted molar refractivity (Wildman–Crippen MR) is 82.0 cm³/mol. The third-order valence-corrected chi connectivity index (χ3v) is 5.37. The molecule has 2 N–H and O–H groups in total. The normalized spacial score (nSPS) is 20.2. The maximum Gasteiger partial charge on any atom is 0.168 e. The van der Waals surface area contributed by atoms with Gasteiger partial charge in [0.2, 0.25) is 0 Å². The van der Waals surface area contributed by atoms with Crippen LogP contribution in [0, 0.1) is 5.92 Å². The van der Waals surface area contributed by atoms with Crippen LogP contribution < -0.4 is 4.72 Å². The predicted octanol–water partition coefficient (Wildman–Crippen LogP) is 3.91. The summed E-state index contributed by atoms with van der Waals surface area (Å²) in [7, 11) is 0. The molecule has 4 heteroatoms. The highest BCUT2D eigenvalue weighted by molar-refractivity contribution is 7.97. The first kappa shape index (κ1) is 12.5. The second kappa shape index (κ2) is 4.37. The van der Waals surface area contributed by atoms with E-state index in [2.05, 4.69) is 34.8 Å². The lowest BCUT2D eigenvalue weighted by atomic mass is 10.1. The molecule has 0 amide bonds. The smallest absolute Gasteiger partial charge is 0.168 e. The van der Waals surface area contributed by atoms with Gasteiger partial charge in [0.25, 0.3) is 0 Å². The summed E-state index contributed by atoms with van der Waals surface area (Å²) >= 11 is 1.69. The van der Waals surface area contributed by atoms with Crippen molar-refractivity contribution >= 4 is 28.6 Å². The highest BCUT2D eigenvalue weighted by atomic mass is 32.2. The van der Waals surface area contributed by atoms with Crippen LogP contribution in [-0.2, 0) is 0 Å². The summed E-state index contributed by atoms with van der Waals surface area (Å²) in [5, 5.41) is 1.06. The van der Waals surface area contributed by atoms with Crippen molar-refractivity contribution in [2.75, 3.05) is 0 Å². The Hall–Kier alpha value is -1.26. The number of aromatic nitrogens is 1. The third kappa shape index (κ3) is 2.27. The first-order valence-electron chi connectivity index (χ1n) is 7.24. The Kier molecular flexibility index (Phi) is 2.72. The van der Waals surface area contributed by atoms with Gasteiger partial charge >= 0.3 is 0 Å². The minimum Gasteiger partial charge on any atom is -0.360 e. The quantitative estimate of drug-likeness (QED) is 0.647. The van der Waals surface area contributed by atoms with E-state index in [4.69, 9.17) is 0 Å². The monoisotopic (exact) mass is 286 g/mol. The third-order valence-electron chi connectivity index (χ3n) is 4.28. The van der Waals surface area contributed by atoms with E-state index in [0.717, 1.165) is 29.3 Å². The van der Waals surface area contributed by atoms with Crippen LogP contribution in [0.1, 0.15) is 43.0 Å². The molecule has 0 radical (unpaired) electrons. The van der Waals surface area contributed by atoms with Crippen LogP contribution in [0.15, 0.2) is 29.3 Å². The van der Waals surface area contributed by atoms with Crippen molar-refractivity contribution in [1.29, 1.82) is 0 Å². The van der Waals surface area contributed by atoms with Crippen LogP contribution in [0.2, 0.25) is 0 Å². The summed E-state index contributed by atoms with van der Waals surface area (Å²) < 4.78 is 3.51. The molecule has 2 aliphatic carbocycles. The molecule has 0 aliphatic heterocycles. The number of ketones is 1. The van der Waals surface area contributed by atoms with Crippen molar-refractivity contribution in [3.05, 3.63) is 30.0 Å². The van der Waals surface area contributed by atoms with E-state index in [1.807, 2.05) is 6.20 Å². The zero-order valence-electron chi connectivity index (χ0n) is 11.5. The molecule has 2 saturated carbocycles. The van der Waals surface area contributed by atoms with Crippen molar-refractivity contribution in [3.8, 4) is 0 Å². The molecule has 0 atom stereocenters. The van der Waals surface area contributed by atoms with Crippen LogP contribution in [0.4, 0.5) is 0 Å². The number of carbonyl (C=O) groups is 1. The van der Waals surface area contributed by atoms with E-state index >= 15 is 0 Å². The van der Waals surface area contributed by atoms with Crippen molar-refractivity contribution < 1.29 is 4.79 Å². The summed E-state index contributed by atoms with van der Waals surface area (Å²) in [6, 6.07) is 6.30. The molecule has 2 aromatic rings. The van der Waals surface area contributed by atoms with E-state index in [-0.39, 0.29) is 5.92 Å². The van der Waals surface area contributed by atoms with Gasteiger partial charge in [-0.1, -0.05) is 6.07 Å². The standard InChI is InChI=1S/C16H18N2OS/c1-16(6-7-16)18-20-11-4-5-12-13(9-17-14(12)8-11)15(19)10-2-3-10/h4-5,8-10,17-18H,2-3,6-7H2,1H3. The molecule has 1 heterocycles. The molecule has 0 unspecified atom stereocenters. The molecule has 104 valence electrons. The molecule has 3 nitrogen and oxygen atoms in total. The Morgan fingerprint density at radius 1 is 1.40 bits per heavy atom. The fourth-order valence-electron chi connectivity index (χ4n) is 2.41. The van der Waals surface area contributed by atoms with Crippen LogP contribution in [0.3, 0.4) is 0 Å². The van der Waals surface area contributed by atoms with Gasteiger partial charge in [-0.25, -0.2) is 0 Å². The molecule has 0 spiro atoms. The van der Waals surface area contributed by atoms with Crippen molar-refractivity contribution in [1.82, 2.24) is 9.71 Å². The Morgan fingerprint density at radius 2 is 2.20 bits per heavy atom. The molecule has 20 heavy (non-hydrogen) atoms. The van der Waals surface area contributed by atoms with Crippen LogP contribution in [0.25, 0.3) is 10.9 Å². The number of benzene rings is 1. The van der Waals surface area contributed by atoms with E-state index in [1.165, 1.54) is 17.7 Å². The largest absolute Gasteiger partial charge is 0.360 e. The van der Waals surface area contributed by atoms with Gasteiger partial charge in [-0.2, -0.15) is 0 Å². The zero-order chi connectivity index (χ0) is 13.7. The second-order valence-corrected chi connectivity index (χ2v) is 7.19. The van der Waals surface area contributed by atoms with E-state index in [9.17, 15) is 4.79 Å². The summed E-state index contributed by atoms with van der Waals surface area (Å²) in [4.78, 5) is 16.6. The highest BCUT2D eigenvalue weighted by Crippen LogP contribution is 2.38. The van der Waals surface area contributed by atoms with Gasteiger partial charge in [0, 0.05) is 39.0 Å². The van der Waals surface area contributed by atoms with E-state index < -0.39 is 0 Å². The number of hydrogen-bond acceptors (Lipinski definition) is 3. The molecule has 1 aromatic carbocycles. The summed E-state index contributed by atoms with van der Waals surface area (Å²) in [6.07, 6.45) is 6.49. The van der Waals surface area contributed by atoms with Crippen LogP contribution >= 0.6 is 11.9 Å². The van der Waals surface area contributed by atoms with Crippen molar-refractivity contribution in [3.63, 3.8) is 0 Å². The number of Topliss-reactive ketones (excluding diaryl/α,β-unsaturated/α-hetero) is 1. The summed E-state index contributed by atoms with van der Waals surface area (Å²) in [5.41, 5.74) is 2.24. The average Bonchev–Trinajstić information content (AvgIpc) is 3.36. The number of rotatable bonds is 5. The molecular weight excluding hydrogens is 268 g/mol. The van der Waals surface area contributed by atoms with Gasteiger partial charge in [-0.15, -0.1) is 0 Å². The molecular formula is C16H18N2OS. The molecule has 0 saturated heterocycles. The van der Waals surface area contributed by atoms with Crippen molar-refractivity contribution in [2.45, 2.75) is 43.0 Å². The number of carbonyl (C=O) groups excluding carboxylic acids is 1. The maximum atomic E-state index is 12.2. The summed E-state index contributed by atoms with van der Waals surface area (Å²) in [5.74, 6) is 0.583. The summed E-state index contributed by atoms with van der Waals surface area (Å²) in [6.45, 7) is 2.25. The van der Waals surface area contributed by atoms with Gasteiger partial charge in [0.15, 0.2) is 5.78 Å². The van der Waals surface area contributed by atoms with Gasteiger partial charge in [-0.05, 0) is 56.7 Å². The SMILES string of the molecule is CC1(NSc2ccc3c(C(=O)C4CC4)c[nH]c3c2)CC1. The van der Waals surface area contributed by atoms with E-state index in [0.29, 0.717) is 11.3 Å². The fourth-order valence-corrected chi connectivity index (χ4v) is 3.29. The minimum absolute atomic E-state index is 0.277. The molecule has 2 fully saturated rings. The van der Waals surface area contributed by atoms with E-state index in [1.54, 1.807) is 11.9 Å². The Labute approximate surface area is 122 Å². The lowest BCUT2D eigenvalue weighted by molar-refractivity contribution is 0.0969. The maximum absolute atomic E-state index is 12.2. The second-order valence-electron chi connectivity index (χ2n) is 6.31. The van der Waals surface area contributed by atoms with Crippen molar-refractivity contribution in [2.24, 2.45) is 5.92 Å². The average molecular weight is 286 g/mol. The van der Waals surface area contributed by atoms with Gasteiger partial charge < -0.3 is 4.98 Å². The molecule has 2 aliphatic rings. The lowest BCUT2D eigenvalue weighted by Crippen LogP contribution is -2.19. The topological polar surface area (TPSA) is 44.9 Å². The fraction of sp³-hybridized carbons (Fsp3) is 0.438. The number of fused-ring (bicyclic) bond motifs is 1. The molecule has 1 aromatic heterocycles. The lowest BCUT2D eigenvalue weighted by Gasteiger charge is -2.10. The Balaban J connectivity index is 1.58. The van der Waals surface area contributed by atoms with Crippen LogP contribution in [0.5, 0.6) is 0 Å². The van der Waals surface area contributed by atoms with Crippen LogP contribution in [-0.4, -0.2) is 16.3 Å². The van der Waals surface area contributed by atoms with Gasteiger partial charge in [0.05, 0.1) is 0 Å². The molecule has 4 rings (SSSR count). The van der Waals surface area contributed by atoms with Gasteiger partial charge in [0.1, 0.15) is 0 Å².